The van der Waals surface area contributed by atoms with E-state index in [0.717, 1.165) is 19.1 Å². The Bertz CT molecular complexity index is 318. The zero-order chi connectivity index (χ0) is 15.5. The highest BCUT2D eigenvalue weighted by molar-refractivity contribution is 4.95. The highest BCUT2D eigenvalue weighted by atomic mass is 16.5. The normalized spacial score (nSPS) is 36.3. The molecule has 4 unspecified atom stereocenters. The quantitative estimate of drug-likeness (QED) is 0.814. The van der Waals surface area contributed by atoms with E-state index in [2.05, 4.69) is 45.0 Å². The van der Waals surface area contributed by atoms with E-state index in [4.69, 9.17) is 4.74 Å². The Balaban J connectivity index is 1.97. The van der Waals surface area contributed by atoms with Crippen molar-refractivity contribution in [2.45, 2.75) is 78.0 Å². The first-order valence-corrected chi connectivity index (χ1v) is 9.01. The Morgan fingerprint density at radius 1 is 1.29 bits per heavy atom. The first-order chi connectivity index (χ1) is 9.95. The predicted octanol–water partition coefficient (Wildman–Crippen LogP) is 3.29. The van der Waals surface area contributed by atoms with Crippen molar-refractivity contribution in [1.82, 2.24) is 10.2 Å². The van der Waals surface area contributed by atoms with Crippen LogP contribution in [0.25, 0.3) is 0 Å². The third kappa shape index (κ3) is 4.20. The minimum Gasteiger partial charge on any atom is -0.377 e. The van der Waals surface area contributed by atoms with Crippen molar-refractivity contribution in [2.75, 3.05) is 26.7 Å². The van der Waals surface area contributed by atoms with Crippen molar-refractivity contribution in [1.29, 1.82) is 0 Å². The predicted molar refractivity (Wildman–Crippen MR) is 89.7 cm³/mol. The second-order valence-corrected chi connectivity index (χ2v) is 7.94. The summed E-state index contributed by atoms with van der Waals surface area (Å²) in [6, 6.07) is 1.27. The van der Waals surface area contributed by atoms with Gasteiger partial charge in [-0.15, -0.1) is 0 Å². The maximum Gasteiger partial charge on any atom is 0.0702 e. The molecule has 0 aromatic rings. The summed E-state index contributed by atoms with van der Waals surface area (Å²) < 4.78 is 5.75. The molecule has 4 atom stereocenters. The Hall–Kier alpha value is -0.120. The van der Waals surface area contributed by atoms with Gasteiger partial charge in [0, 0.05) is 25.2 Å². The minimum absolute atomic E-state index is 0.397. The van der Waals surface area contributed by atoms with Gasteiger partial charge < -0.3 is 15.0 Å². The van der Waals surface area contributed by atoms with Gasteiger partial charge in [-0.25, -0.2) is 0 Å². The van der Waals surface area contributed by atoms with Gasteiger partial charge in [0.2, 0.25) is 0 Å². The van der Waals surface area contributed by atoms with E-state index < -0.39 is 0 Å². The lowest BCUT2D eigenvalue weighted by molar-refractivity contribution is 0.0494. The molecular formula is C18H36N2O. The fourth-order valence-electron chi connectivity index (χ4n) is 4.52. The maximum atomic E-state index is 5.75. The van der Waals surface area contributed by atoms with Gasteiger partial charge in [0.15, 0.2) is 0 Å². The van der Waals surface area contributed by atoms with E-state index in [1.54, 1.807) is 0 Å². The fourth-order valence-corrected chi connectivity index (χ4v) is 4.52. The topological polar surface area (TPSA) is 24.5 Å². The lowest BCUT2D eigenvalue weighted by Crippen LogP contribution is -2.54. The van der Waals surface area contributed by atoms with Crippen LogP contribution in [0.15, 0.2) is 0 Å². The number of nitrogens with one attached hydrogen (secondary N) is 1. The minimum atomic E-state index is 0.397. The van der Waals surface area contributed by atoms with Crippen molar-refractivity contribution in [2.24, 2.45) is 11.3 Å². The molecule has 0 aromatic heterocycles. The highest BCUT2D eigenvalue weighted by Crippen LogP contribution is 2.39. The molecule has 1 saturated carbocycles. The van der Waals surface area contributed by atoms with Gasteiger partial charge in [0.05, 0.1) is 6.10 Å². The van der Waals surface area contributed by atoms with Gasteiger partial charge in [-0.1, -0.05) is 27.2 Å². The molecule has 1 saturated heterocycles. The van der Waals surface area contributed by atoms with Crippen LogP contribution >= 0.6 is 0 Å². The molecule has 2 aliphatic rings. The van der Waals surface area contributed by atoms with Crippen molar-refractivity contribution in [3.8, 4) is 0 Å². The molecule has 1 N–H and O–H groups in total. The third-order valence-electron chi connectivity index (χ3n) is 5.75. The fraction of sp³-hybridized carbons (Fsp3) is 1.00. The summed E-state index contributed by atoms with van der Waals surface area (Å²) in [6.07, 6.45) is 6.93. The maximum absolute atomic E-state index is 5.75. The molecule has 1 aliphatic heterocycles. The number of hydrogen-bond acceptors (Lipinski definition) is 3. The number of ether oxygens (including phenoxy) is 1. The average molecular weight is 296 g/mol. The van der Waals surface area contributed by atoms with Crippen molar-refractivity contribution in [3.63, 3.8) is 0 Å². The molecule has 0 aromatic carbocycles. The molecule has 3 heteroatoms. The van der Waals surface area contributed by atoms with Gasteiger partial charge in [-0.3, -0.25) is 0 Å². The second-order valence-electron chi connectivity index (χ2n) is 7.94. The average Bonchev–Trinajstić information content (AvgIpc) is 2.83. The number of nitrogens with zero attached hydrogens (tertiary/aromatic N) is 1. The molecule has 0 amide bonds. The summed E-state index contributed by atoms with van der Waals surface area (Å²) >= 11 is 0. The number of rotatable bonds is 6. The molecule has 124 valence electrons. The van der Waals surface area contributed by atoms with Crippen LogP contribution in [0.3, 0.4) is 0 Å². The van der Waals surface area contributed by atoms with Gasteiger partial charge >= 0.3 is 0 Å². The molecule has 3 nitrogen and oxygen atoms in total. The zero-order valence-electron chi connectivity index (χ0n) is 14.8. The van der Waals surface area contributed by atoms with Crippen molar-refractivity contribution >= 4 is 0 Å². The van der Waals surface area contributed by atoms with Crippen LogP contribution in [-0.4, -0.2) is 49.8 Å². The summed E-state index contributed by atoms with van der Waals surface area (Å²) in [5.74, 6) is 0.776. The van der Waals surface area contributed by atoms with Gasteiger partial charge in [-0.2, -0.15) is 0 Å². The molecule has 0 spiro atoms. The Kier molecular flexibility index (Phi) is 6.10. The molecule has 0 bridgehead atoms. The van der Waals surface area contributed by atoms with E-state index in [9.17, 15) is 0 Å². The molecule has 2 fully saturated rings. The molecule has 21 heavy (non-hydrogen) atoms. The zero-order valence-corrected chi connectivity index (χ0v) is 14.8. The van der Waals surface area contributed by atoms with Crippen LogP contribution in [-0.2, 0) is 4.74 Å². The number of hydrogen-bond donors (Lipinski definition) is 1. The van der Waals surface area contributed by atoms with Gasteiger partial charge in [-0.05, 0) is 57.5 Å². The molecule has 1 aliphatic carbocycles. The monoisotopic (exact) mass is 296 g/mol. The molecule has 0 radical (unpaired) electrons. The Labute approximate surface area is 131 Å². The van der Waals surface area contributed by atoms with Crippen LogP contribution in [0.1, 0.15) is 59.8 Å². The number of likely N-dealkylation sites (N-methyl/N-ethyl adjacent to an activating group) is 1. The summed E-state index contributed by atoms with van der Waals surface area (Å²) in [5, 5.41) is 3.86. The second kappa shape index (κ2) is 7.43. The largest absolute Gasteiger partial charge is 0.377 e. The summed E-state index contributed by atoms with van der Waals surface area (Å²) in [6.45, 7) is 12.7. The molecular weight excluding hydrogens is 260 g/mol. The van der Waals surface area contributed by atoms with E-state index in [-0.39, 0.29) is 0 Å². The highest BCUT2D eigenvalue weighted by Gasteiger charge is 2.40. The van der Waals surface area contributed by atoms with Gasteiger partial charge in [0.1, 0.15) is 0 Å². The Morgan fingerprint density at radius 2 is 2.05 bits per heavy atom. The lowest BCUT2D eigenvalue weighted by Gasteiger charge is -2.46. The Morgan fingerprint density at radius 3 is 2.67 bits per heavy atom. The van der Waals surface area contributed by atoms with E-state index in [1.165, 1.54) is 38.6 Å². The summed E-state index contributed by atoms with van der Waals surface area (Å²) in [5.41, 5.74) is 0.427. The van der Waals surface area contributed by atoms with Crippen LogP contribution in [0.4, 0.5) is 0 Å². The lowest BCUT2D eigenvalue weighted by atomic mass is 9.67. The van der Waals surface area contributed by atoms with Crippen LogP contribution < -0.4 is 5.32 Å². The van der Waals surface area contributed by atoms with Gasteiger partial charge in [0.25, 0.3) is 0 Å². The summed E-state index contributed by atoms with van der Waals surface area (Å²) in [7, 11) is 2.30. The van der Waals surface area contributed by atoms with Crippen LogP contribution in [0.2, 0.25) is 0 Å². The van der Waals surface area contributed by atoms with Crippen LogP contribution in [0.5, 0.6) is 0 Å². The molecule has 2 rings (SSSR count). The first kappa shape index (κ1) is 17.2. The standard InChI is InChI=1S/C18H36N2O/c1-6-11-19-17-15(8-7-10-18(17,3)4)13-20(5)16-9-12-21-14(16)2/h14-17,19H,6-13H2,1-5H3. The summed E-state index contributed by atoms with van der Waals surface area (Å²) in [4.78, 5) is 2.57. The molecule has 1 heterocycles. The SMILES string of the molecule is CCCNC1C(CN(C)C2CCOC2C)CCCC1(C)C. The first-order valence-electron chi connectivity index (χ1n) is 9.01. The van der Waals surface area contributed by atoms with E-state index >= 15 is 0 Å². The third-order valence-corrected chi connectivity index (χ3v) is 5.75. The van der Waals surface area contributed by atoms with Crippen molar-refractivity contribution < 1.29 is 4.74 Å². The van der Waals surface area contributed by atoms with E-state index in [1.807, 2.05) is 0 Å². The van der Waals surface area contributed by atoms with E-state index in [0.29, 0.717) is 23.6 Å². The van der Waals surface area contributed by atoms with Crippen LogP contribution in [0, 0.1) is 11.3 Å². The smallest absolute Gasteiger partial charge is 0.0702 e. The van der Waals surface area contributed by atoms with Crippen molar-refractivity contribution in [3.05, 3.63) is 0 Å².